The molecule has 0 saturated carbocycles. The predicted octanol–water partition coefficient (Wildman–Crippen LogP) is 2.41. The zero-order valence-corrected chi connectivity index (χ0v) is 13.3. The Kier molecular flexibility index (Phi) is 6.36. The minimum absolute atomic E-state index is 0.0585. The van der Waals surface area contributed by atoms with Crippen LogP contribution in [0.3, 0.4) is 0 Å². The molecule has 0 radical (unpaired) electrons. The Hall–Kier alpha value is -1.20. The molecule has 0 spiro atoms. The lowest BCUT2D eigenvalue weighted by Gasteiger charge is -2.17. The largest absolute Gasteiger partial charge is 0.326 e. The maximum Gasteiger partial charge on any atom is 0.224 e. The van der Waals surface area contributed by atoms with Gasteiger partial charge in [0.05, 0.1) is 0 Å². The number of nitrogens with one attached hydrogen (secondary N) is 1. The molecule has 0 aliphatic carbocycles. The number of carbonyl (C=O) groups excluding carboxylic acids is 1. The van der Waals surface area contributed by atoms with E-state index in [4.69, 9.17) is 5.73 Å². The summed E-state index contributed by atoms with van der Waals surface area (Å²) in [5.74, 6) is 0.493. The molecule has 20 heavy (non-hydrogen) atoms. The summed E-state index contributed by atoms with van der Waals surface area (Å²) >= 11 is 0. The highest BCUT2D eigenvalue weighted by Gasteiger charge is 2.19. The van der Waals surface area contributed by atoms with E-state index in [1.165, 1.54) is 0 Å². The molecule has 1 atom stereocenters. The Morgan fingerprint density at radius 3 is 2.55 bits per heavy atom. The molecule has 1 aromatic rings. The van der Waals surface area contributed by atoms with Crippen molar-refractivity contribution in [2.45, 2.75) is 44.9 Å². The van der Waals surface area contributed by atoms with Gasteiger partial charge in [0.15, 0.2) is 0 Å². The molecule has 0 aliphatic rings. The van der Waals surface area contributed by atoms with Crippen molar-refractivity contribution in [2.75, 3.05) is 11.1 Å². The van der Waals surface area contributed by atoms with Crippen LogP contribution in [0.5, 0.6) is 0 Å². The summed E-state index contributed by atoms with van der Waals surface area (Å²) in [6.07, 6.45) is 1.00. The molecule has 0 bridgehead atoms. The Labute approximate surface area is 123 Å². The number of anilines is 1. The van der Waals surface area contributed by atoms with E-state index in [1.54, 1.807) is 0 Å². The van der Waals surface area contributed by atoms with E-state index in [-0.39, 0.29) is 10.7 Å². The summed E-state index contributed by atoms with van der Waals surface area (Å²) in [7, 11) is -0.906. The first-order valence-electron chi connectivity index (χ1n) is 6.81. The van der Waals surface area contributed by atoms with Gasteiger partial charge in [-0.1, -0.05) is 18.2 Å². The van der Waals surface area contributed by atoms with Crippen LogP contribution in [0.1, 0.15) is 39.2 Å². The molecule has 1 aromatic carbocycles. The van der Waals surface area contributed by atoms with Crippen molar-refractivity contribution in [3.05, 3.63) is 29.8 Å². The second-order valence-corrected chi connectivity index (χ2v) is 8.00. The Morgan fingerprint density at radius 2 is 1.95 bits per heavy atom. The predicted molar refractivity (Wildman–Crippen MR) is 85.0 cm³/mol. The van der Waals surface area contributed by atoms with Crippen LogP contribution in [-0.4, -0.2) is 20.6 Å². The standard InChI is InChI=1S/C15H24N2O2S/c1-15(2,3)20(19)10-6-9-14(18)17-13-8-5-4-7-12(13)11-16/h4-5,7-8H,6,9-11,16H2,1-3H3,(H,17,18). The van der Waals surface area contributed by atoms with Crippen LogP contribution in [0.4, 0.5) is 5.69 Å². The molecule has 112 valence electrons. The fourth-order valence-corrected chi connectivity index (χ4v) is 2.72. The number of rotatable bonds is 6. The van der Waals surface area contributed by atoms with Crippen molar-refractivity contribution in [3.8, 4) is 0 Å². The summed E-state index contributed by atoms with van der Waals surface area (Å²) in [6.45, 7) is 6.23. The molecule has 0 heterocycles. The highest BCUT2D eigenvalue weighted by Crippen LogP contribution is 2.15. The summed E-state index contributed by atoms with van der Waals surface area (Å²) < 4.78 is 11.6. The molecule has 5 heteroatoms. The van der Waals surface area contributed by atoms with Crippen LogP contribution in [-0.2, 0) is 22.1 Å². The number of para-hydroxylation sites is 1. The molecule has 1 unspecified atom stereocenters. The number of benzene rings is 1. The van der Waals surface area contributed by atoms with Gasteiger partial charge in [-0.05, 0) is 38.8 Å². The number of nitrogens with two attached hydrogens (primary N) is 1. The second-order valence-electron chi connectivity index (χ2n) is 5.68. The van der Waals surface area contributed by atoms with Crippen LogP contribution in [0.2, 0.25) is 0 Å². The highest BCUT2D eigenvalue weighted by atomic mass is 32.2. The number of hydrogen-bond donors (Lipinski definition) is 2. The number of amides is 1. The molecule has 1 amide bonds. The van der Waals surface area contributed by atoms with Crippen LogP contribution >= 0.6 is 0 Å². The normalized spacial score (nSPS) is 13.0. The maximum absolute atomic E-state index is 11.9. The van der Waals surface area contributed by atoms with Gasteiger partial charge in [0.2, 0.25) is 5.91 Å². The van der Waals surface area contributed by atoms with Crippen molar-refractivity contribution in [3.63, 3.8) is 0 Å². The second kappa shape index (κ2) is 7.55. The van der Waals surface area contributed by atoms with Gasteiger partial charge in [0.25, 0.3) is 0 Å². The third kappa shape index (κ3) is 5.43. The smallest absolute Gasteiger partial charge is 0.224 e. The van der Waals surface area contributed by atoms with Crippen LogP contribution in [0.25, 0.3) is 0 Å². The topological polar surface area (TPSA) is 72.2 Å². The lowest BCUT2D eigenvalue weighted by molar-refractivity contribution is -0.116. The summed E-state index contributed by atoms with van der Waals surface area (Å²) in [6, 6.07) is 7.49. The first kappa shape index (κ1) is 16.9. The summed E-state index contributed by atoms with van der Waals surface area (Å²) in [5.41, 5.74) is 7.30. The number of carbonyl (C=O) groups is 1. The van der Waals surface area contributed by atoms with Gasteiger partial charge < -0.3 is 11.1 Å². The maximum atomic E-state index is 11.9. The van der Waals surface area contributed by atoms with Crippen molar-refractivity contribution in [1.29, 1.82) is 0 Å². The van der Waals surface area contributed by atoms with E-state index in [9.17, 15) is 9.00 Å². The fraction of sp³-hybridized carbons (Fsp3) is 0.533. The molecule has 0 aliphatic heterocycles. The van der Waals surface area contributed by atoms with Crippen molar-refractivity contribution in [1.82, 2.24) is 0 Å². The van der Waals surface area contributed by atoms with Gasteiger partial charge in [0.1, 0.15) is 0 Å². The Balaban J connectivity index is 2.43. The minimum atomic E-state index is -0.906. The summed E-state index contributed by atoms with van der Waals surface area (Å²) in [4.78, 5) is 11.9. The van der Waals surface area contributed by atoms with E-state index in [1.807, 2.05) is 45.0 Å². The molecule has 3 N–H and O–H groups in total. The minimum Gasteiger partial charge on any atom is -0.326 e. The fourth-order valence-electron chi connectivity index (χ4n) is 1.70. The van der Waals surface area contributed by atoms with Gasteiger partial charge in [0, 0.05) is 40.0 Å². The SMILES string of the molecule is CC(C)(C)S(=O)CCCC(=O)Nc1ccccc1CN. The third-order valence-corrected chi connectivity index (χ3v) is 4.95. The first-order chi connectivity index (χ1) is 9.34. The molecular formula is C15H24N2O2S. The van der Waals surface area contributed by atoms with Crippen molar-refractivity contribution in [2.24, 2.45) is 5.73 Å². The quantitative estimate of drug-likeness (QED) is 0.846. The monoisotopic (exact) mass is 296 g/mol. The zero-order chi connectivity index (χ0) is 15.2. The first-order valence-corrected chi connectivity index (χ1v) is 8.13. The van der Waals surface area contributed by atoms with Gasteiger partial charge in [-0.3, -0.25) is 9.00 Å². The molecule has 0 fully saturated rings. The van der Waals surface area contributed by atoms with Gasteiger partial charge >= 0.3 is 0 Å². The van der Waals surface area contributed by atoms with Gasteiger partial charge in [-0.25, -0.2) is 0 Å². The Bertz CT molecular complexity index is 481. The molecule has 0 aromatic heterocycles. The van der Waals surface area contributed by atoms with Crippen LogP contribution in [0, 0.1) is 0 Å². The van der Waals surface area contributed by atoms with E-state index < -0.39 is 10.8 Å². The summed E-state index contributed by atoms with van der Waals surface area (Å²) in [5, 5.41) is 2.86. The van der Waals surface area contributed by atoms with E-state index >= 15 is 0 Å². The lowest BCUT2D eigenvalue weighted by atomic mass is 10.1. The van der Waals surface area contributed by atoms with Crippen molar-refractivity contribution >= 4 is 22.4 Å². The molecule has 4 nitrogen and oxygen atoms in total. The van der Waals surface area contributed by atoms with Gasteiger partial charge in [-0.15, -0.1) is 0 Å². The van der Waals surface area contributed by atoms with E-state index in [0.717, 1.165) is 11.3 Å². The van der Waals surface area contributed by atoms with Gasteiger partial charge in [-0.2, -0.15) is 0 Å². The Morgan fingerprint density at radius 1 is 1.30 bits per heavy atom. The number of hydrogen-bond acceptors (Lipinski definition) is 3. The van der Waals surface area contributed by atoms with E-state index in [0.29, 0.717) is 25.1 Å². The lowest BCUT2D eigenvalue weighted by Crippen LogP contribution is -2.24. The van der Waals surface area contributed by atoms with Crippen molar-refractivity contribution < 1.29 is 9.00 Å². The molecule has 0 saturated heterocycles. The average Bonchev–Trinajstić information content (AvgIpc) is 2.38. The molecule has 1 rings (SSSR count). The van der Waals surface area contributed by atoms with Crippen LogP contribution in [0.15, 0.2) is 24.3 Å². The molecular weight excluding hydrogens is 272 g/mol. The third-order valence-electron chi connectivity index (χ3n) is 2.93. The average molecular weight is 296 g/mol. The zero-order valence-electron chi connectivity index (χ0n) is 12.4. The van der Waals surface area contributed by atoms with E-state index in [2.05, 4.69) is 5.32 Å². The highest BCUT2D eigenvalue weighted by molar-refractivity contribution is 7.86. The van der Waals surface area contributed by atoms with Crippen LogP contribution < -0.4 is 11.1 Å².